The highest BCUT2D eigenvalue weighted by Gasteiger charge is 2.31. The molecule has 2 nitrogen and oxygen atoms in total. The van der Waals surface area contributed by atoms with Gasteiger partial charge in [-0.15, -0.1) is 0 Å². The van der Waals surface area contributed by atoms with Crippen molar-refractivity contribution in [3.8, 4) is 0 Å². The summed E-state index contributed by atoms with van der Waals surface area (Å²) in [6.07, 6.45) is -0.591. The van der Waals surface area contributed by atoms with Gasteiger partial charge in [-0.3, -0.25) is 4.79 Å². The van der Waals surface area contributed by atoms with E-state index in [4.69, 9.17) is 0 Å². The van der Waals surface area contributed by atoms with E-state index in [1.807, 2.05) is 12.1 Å². The Morgan fingerprint density at radius 1 is 0.793 bits per heavy atom. The Balaban J connectivity index is 2.13. The largest absolute Gasteiger partial charge is 0.326 e. The maximum atomic E-state index is 13.8. The lowest BCUT2D eigenvalue weighted by molar-refractivity contribution is -0.124. The zero-order valence-electron chi connectivity index (χ0n) is 17.0. The summed E-state index contributed by atoms with van der Waals surface area (Å²) in [5.41, 5.74) is -0.441. The summed E-state index contributed by atoms with van der Waals surface area (Å²) in [6, 6.07) is 7.27. The molecule has 29 heavy (non-hydrogen) atoms. The van der Waals surface area contributed by atoms with E-state index >= 15 is 0 Å². The minimum Gasteiger partial charge on any atom is -0.326 e. The molecule has 1 N–H and O–H groups in total. The number of anilines is 1. The molecular weight excluding hydrogens is 389 g/mol. The van der Waals surface area contributed by atoms with Crippen molar-refractivity contribution in [2.45, 2.75) is 52.9 Å². The lowest BCUT2D eigenvalue weighted by atomic mass is 9.84. The SMILES string of the molecule is CC(C)(CCc1c(F)c(F)c(F)c(F)c1F)C(=O)Nc1ccc(C(C)(C)C)cc1. The summed E-state index contributed by atoms with van der Waals surface area (Å²) in [7, 11) is 0. The van der Waals surface area contributed by atoms with Gasteiger partial charge in [0.05, 0.1) is 0 Å². The lowest BCUT2D eigenvalue weighted by Crippen LogP contribution is -2.31. The third-order valence-corrected chi connectivity index (χ3v) is 4.92. The third kappa shape index (κ3) is 4.95. The quantitative estimate of drug-likeness (QED) is 0.349. The summed E-state index contributed by atoms with van der Waals surface area (Å²) < 4.78 is 67.5. The van der Waals surface area contributed by atoms with Crippen LogP contribution in [0, 0.1) is 34.5 Å². The highest BCUT2D eigenvalue weighted by atomic mass is 19.2. The second-order valence-electron chi connectivity index (χ2n) is 8.71. The van der Waals surface area contributed by atoms with Crippen molar-refractivity contribution in [2.75, 3.05) is 5.32 Å². The summed E-state index contributed by atoms with van der Waals surface area (Å²) in [4.78, 5) is 12.6. The van der Waals surface area contributed by atoms with Crippen molar-refractivity contribution in [2.24, 2.45) is 5.41 Å². The number of hydrogen-bond acceptors (Lipinski definition) is 1. The van der Waals surface area contributed by atoms with E-state index in [0.29, 0.717) is 5.69 Å². The molecule has 7 heteroatoms. The van der Waals surface area contributed by atoms with E-state index in [9.17, 15) is 26.7 Å². The molecule has 2 aromatic carbocycles. The molecule has 0 atom stereocenters. The molecule has 0 aromatic heterocycles. The molecule has 0 aliphatic carbocycles. The molecule has 0 aliphatic rings. The number of rotatable bonds is 5. The normalized spacial score (nSPS) is 12.2. The Labute approximate surface area is 167 Å². The molecule has 0 saturated heterocycles. The number of amides is 1. The van der Waals surface area contributed by atoms with E-state index in [0.717, 1.165) is 5.56 Å². The topological polar surface area (TPSA) is 29.1 Å². The van der Waals surface area contributed by atoms with Crippen molar-refractivity contribution in [3.63, 3.8) is 0 Å². The van der Waals surface area contributed by atoms with Gasteiger partial charge < -0.3 is 5.32 Å². The molecule has 0 fully saturated rings. The van der Waals surface area contributed by atoms with Crippen LogP contribution in [-0.2, 0) is 16.6 Å². The van der Waals surface area contributed by atoms with Gasteiger partial charge in [0.15, 0.2) is 23.3 Å². The first-order valence-corrected chi connectivity index (χ1v) is 9.18. The minimum atomic E-state index is -2.19. The maximum absolute atomic E-state index is 13.8. The molecule has 2 rings (SSSR count). The summed E-state index contributed by atoms with van der Waals surface area (Å²) in [5.74, 6) is -10.3. The molecular formula is C22H24F5NO. The molecule has 0 unspecified atom stereocenters. The van der Waals surface area contributed by atoms with Crippen LogP contribution in [-0.4, -0.2) is 5.91 Å². The van der Waals surface area contributed by atoms with Crippen LogP contribution >= 0.6 is 0 Å². The number of nitrogens with one attached hydrogen (secondary N) is 1. The first-order valence-electron chi connectivity index (χ1n) is 9.18. The van der Waals surface area contributed by atoms with E-state index in [-0.39, 0.29) is 11.8 Å². The van der Waals surface area contributed by atoms with Crippen LogP contribution < -0.4 is 5.32 Å². The zero-order chi connectivity index (χ0) is 22.1. The van der Waals surface area contributed by atoms with E-state index in [2.05, 4.69) is 26.1 Å². The third-order valence-electron chi connectivity index (χ3n) is 4.92. The Hall–Kier alpha value is -2.44. The van der Waals surface area contributed by atoms with Crippen LogP contribution in [0.2, 0.25) is 0 Å². The number of carbonyl (C=O) groups excluding carboxylic acids is 1. The van der Waals surface area contributed by atoms with Gasteiger partial charge in [0.2, 0.25) is 11.7 Å². The molecule has 0 heterocycles. The van der Waals surface area contributed by atoms with Gasteiger partial charge in [0.25, 0.3) is 0 Å². The molecule has 0 spiro atoms. The second kappa shape index (κ2) is 8.13. The Kier molecular flexibility index (Phi) is 6.40. The fraction of sp³-hybridized carbons (Fsp3) is 0.409. The fourth-order valence-electron chi connectivity index (χ4n) is 2.77. The fourth-order valence-corrected chi connectivity index (χ4v) is 2.77. The first kappa shape index (κ1) is 22.8. The molecule has 2 aromatic rings. The average Bonchev–Trinajstić information content (AvgIpc) is 2.64. The van der Waals surface area contributed by atoms with Gasteiger partial charge in [-0.25, -0.2) is 22.0 Å². The van der Waals surface area contributed by atoms with Crippen molar-refractivity contribution in [3.05, 3.63) is 64.5 Å². The average molecular weight is 413 g/mol. The van der Waals surface area contributed by atoms with Gasteiger partial charge in [-0.2, -0.15) is 0 Å². The van der Waals surface area contributed by atoms with Crippen LogP contribution in [0.4, 0.5) is 27.6 Å². The number of halogens is 5. The predicted molar refractivity (Wildman–Crippen MR) is 102 cm³/mol. The number of benzene rings is 2. The highest BCUT2D eigenvalue weighted by molar-refractivity contribution is 5.94. The van der Waals surface area contributed by atoms with Crippen LogP contribution in [0.15, 0.2) is 24.3 Å². The summed E-state index contributed by atoms with van der Waals surface area (Å²) >= 11 is 0. The van der Waals surface area contributed by atoms with Crippen LogP contribution in [0.25, 0.3) is 0 Å². The highest BCUT2D eigenvalue weighted by Crippen LogP contribution is 2.30. The van der Waals surface area contributed by atoms with Crippen LogP contribution in [0.3, 0.4) is 0 Å². The molecule has 158 valence electrons. The van der Waals surface area contributed by atoms with E-state index < -0.39 is 52.4 Å². The Bertz CT molecular complexity index is 885. The monoisotopic (exact) mass is 413 g/mol. The zero-order valence-corrected chi connectivity index (χ0v) is 17.0. The van der Waals surface area contributed by atoms with Gasteiger partial charge in [-0.1, -0.05) is 46.8 Å². The molecule has 0 saturated carbocycles. The van der Waals surface area contributed by atoms with E-state index in [1.54, 1.807) is 12.1 Å². The summed E-state index contributed by atoms with van der Waals surface area (Å²) in [5, 5.41) is 2.72. The first-order chi connectivity index (χ1) is 13.3. The van der Waals surface area contributed by atoms with Crippen molar-refractivity contribution < 1.29 is 26.7 Å². The maximum Gasteiger partial charge on any atom is 0.230 e. The number of hydrogen-bond donors (Lipinski definition) is 1. The lowest BCUT2D eigenvalue weighted by Gasteiger charge is -2.24. The van der Waals surface area contributed by atoms with E-state index in [1.165, 1.54) is 13.8 Å². The van der Waals surface area contributed by atoms with Crippen molar-refractivity contribution >= 4 is 11.6 Å². The standard InChI is InChI=1S/C22H24F5NO/c1-21(2,3)12-6-8-13(9-7-12)28-20(29)22(4,5)11-10-14-15(23)17(25)19(27)18(26)16(14)24/h6-9H,10-11H2,1-5H3,(H,28,29). The summed E-state index contributed by atoms with van der Waals surface area (Å²) in [6.45, 7) is 9.26. The van der Waals surface area contributed by atoms with Gasteiger partial charge in [-0.05, 0) is 36.0 Å². The van der Waals surface area contributed by atoms with Gasteiger partial charge in [0.1, 0.15) is 0 Å². The Morgan fingerprint density at radius 3 is 1.69 bits per heavy atom. The van der Waals surface area contributed by atoms with Gasteiger partial charge >= 0.3 is 0 Å². The Morgan fingerprint density at radius 2 is 1.24 bits per heavy atom. The molecule has 0 radical (unpaired) electrons. The van der Waals surface area contributed by atoms with Crippen molar-refractivity contribution in [1.82, 2.24) is 0 Å². The minimum absolute atomic E-state index is 0.0460. The smallest absolute Gasteiger partial charge is 0.230 e. The van der Waals surface area contributed by atoms with Gasteiger partial charge in [0, 0.05) is 16.7 Å². The van der Waals surface area contributed by atoms with Crippen LogP contribution in [0.5, 0.6) is 0 Å². The molecule has 0 bridgehead atoms. The molecule has 1 amide bonds. The second-order valence-corrected chi connectivity index (χ2v) is 8.71. The predicted octanol–water partition coefficient (Wildman–Crippen LogP) is 6.28. The van der Waals surface area contributed by atoms with Crippen molar-refractivity contribution in [1.29, 1.82) is 0 Å². The molecule has 0 aliphatic heterocycles. The number of carbonyl (C=O) groups is 1. The van der Waals surface area contributed by atoms with Crippen LogP contribution in [0.1, 0.15) is 52.2 Å².